The van der Waals surface area contributed by atoms with Crippen LogP contribution in [0.5, 0.6) is 0 Å². The summed E-state index contributed by atoms with van der Waals surface area (Å²) < 4.78 is 0. The van der Waals surface area contributed by atoms with Crippen LogP contribution in [0.2, 0.25) is 0 Å². The molecule has 1 aliphatic heterocycles. The number of nitrogens with zero attached hydrogens (tertiary/aromatic N) is 1. The summed E-state index contributed by atoms with van der Waals surface area (Å²) in [5.74, 6) is -0.400. The fourth-order valence-corrected chi connectivity index (χ4v) is 1.22. The van der Waals surface area contributed by atoms with Gasteiger partial charge in [-0.05, 0) is 13.8 Å². The van der Waals surface area contributed by atoms with Crippen LogP contribution in [0.4, 0.5) is 0 Å². The number of nitrogens with two attached hydrogens (primary N) is 1. The molecule has 1 heterocycles. The molecule has 70 valence electrons. The maximum Gasteiger partial charge on any atom is 0.246 e. The molecule has 1 saturated heterocycles. The lowest BCUT2D eigenvalue weighted by atomic mass is 10.3. The number of likely N-dealkylation sites (tertiary alicyclic amines) is 1. The molecule has 1 atom stereocenters. The van der Waals surface area contributed by atoms with Crippen molar-refractivity contribution in [3.05, 3.63) is 0 Å². The summed E-state index contributed by atoms with van der Waals surface area (Å²) >= 11 is 0. The summed E-state index contributed by atoms with van der Waals surface area (Å²) in [5.41, 5.74) is 5.38. The van der Waals surface area contributed by atoms with E-state index in [4.69, 9.17) is 5.73 Å². The van der Waals surface area contributed by atoms with Gasteiger partial charge in [-0.1, -0.05) is 0 Å². The van der Waals surface area contributed by atoms with Gasteiger partial charge in [-0.25, -0.2) is 0 Å². The molecule has 0 aromatic carbocycles. The smallest absolute Gasteiger partial charge is 0.246 e. The first-order chi connectivity index (χ1) is 5.04. The Morgan fingerprint density at radius 3 is 2.17 bits per heavy atom. The molecule has 0 aromatic rings. The first kappa shape index (κ1) is 11.4. The Morgan fingerprint density at radius 1 is 1.50 bits per heavy atom. The Bertz CT molecular complexity index is 206. The molecular formula is C7H13ClN2O2. The van der Waals surface area contributed by atoms with Crippen LogP contribution in [0.25, 0.3) is 0 Å². The summed E-state index contributed by atoms with van der Waals surface area (Å²) in [4.78, 5) is 23.4. The van der Waals surface area contributed by atoms with Crippen LogP contribution in [0.3, 0.4) is 0 Å². The number of hydrogen-bond acceptors (Lipinski definition) is 3. The zero-order chi connectivity index (χ0) is 8.59. The van der Waals surface area contributed by atoms with Crippen molar-refractivity contribution in [1.29, 1.82) is 0 Å². The van der Waals surface area contributed by atoms with Crippen LogP contribution in [-0.2, 0) is 9.59 Å². The van der Waals surface area contributed by atoms with Crippen molar-refractivity contribution in [2.45, 2.75) is 32.4 Å². The van der Waals surface area contributed by atoms with E-state index < -0.39 is 6.04 Å². The second-order valence-corrected chi connectivity index (χ2v) is 3.01. The second-order valence-electron chi connectivity index (χ2n) is 3.01. The zero-order valence-electron chi connectivity index (χ0n) is 7.11. The van der Waals surface area contributed by atoms with Crippen molar-refractivity contribution in [3.63, 3.8) is 0 Å². The summed E-state index contributed by atoms with van der Waals surface area (Å²) in [6.45, 7) is 3.60. The average molecular weight is 193 g/mol. The van der Waals surface area contributed by atoms with Gasteiger partial charge in [0.05, 0.1) is 12.5 Å². The molecule has 2 amide bonds. The van der Waals surface area contributed by atoms with Gasteiger partial charge in [0.1, 0.15) is 0 Å². The lowest BCUT2D eigenvalue weighted by molar-refractivity contribution is -0.140. The maximum absolute atomic E-state index is 11.1. The van der Waals surface area contributed by atoms with Crippen LogP contribution >= 0.6 is 12.4 Å². The monoisotopic (exact) mass is 192 g/mol. The molecule has 12 heavy (non-hydrogen) atoms. The van der Waals surface area contributed by atoms with E-state index >= 15 is 0 Å². The molecule has 1 fully saturated rings. The third-order valence-corrected chi connectivity index (χ3v) is 1.73. The van der Waals surface area contributed by atoms with Gasteiger partial charge in [0.25, 0.3) is 0 Å². The first-order valence-electron chi connectivity index (χ1n) is 3.65. The Kier molecular flexibility index (Phi) is 3.67. The van der Waals surface area contributed by atoms with E-state index in [9.17, 15) is 9.59 Å². The number of rotatable bonds is 1. The fourth-order valence-electron chi connectivity index (χ4n) is 1.22. The molecule has 1 unspecified atom stereocenters. The number of halogens is 1. The molecule has 0 radical (unpaired) electrons. The molecule has 2 N–H and O–H groups in total. The fraction of sp³-hybridized carbons (Fsp3) is 0.714. The van der Waals surface area contributed by atoms with Gasteiger partial charge in [-0.3, -0.25) is 14.5 Å². The third kappa shape index (κ3) is 1.76. The van der Waals surface area contributed by atoms with E-state index in [1.54, 1.807) is 13.8 Å². The molecule has 4 nitrogen and oxygen atoms in total. The van der Waals surface area contributed by atoms with Gasteiger partial charge >= 0.3 is 0 Å². The van der Waals surface area contributed by atoms with Crippen molar-refractivity contribution in [2.24, 2.45) is 5.73 Å². The number of hydrogen-bond donors (Lipinski definition) is 1. The molecule has 0 spiro atoms. The number of amides is 2. The normalized spacial score (nSPS) is 23.3. The minimum atomic E-state index is -0.607. The van der Waals surface area contributed by atoms with Gasteiger partial charge in [-0.2, -0.15) is 0 Å². The predicted molar refractivity (Wildman–Crippen MR) is 46.8 cm³/mol. The van der Waals surface area contributed by atoms with Gasteiger partial charge in [0, 0.05) is 6.04 Å². The largest absolute Gasteiger partial charge is 0.319 e. The summed E-state index contributed by atoms with van der Waals surface area (Å²) in [7, 11) is 0. The summed E-state index contributed by atoms with van der Waals surface area (Å²) in [6, 6.07) is -0.673. The Labute approximate surface area is 77.5 Å². The maximum atomic E-state index is 11.1. The van der Waals surface area contributed by atoms with E-state index in [0.29, 0.717) is 0 Å². The lowest BCUT2D eigenvalue weighted by Crippen LogP contribution is -2.39. The van der Waals surface area contributed by atoms with Gasteiger partial charge < -0.3 is 5.73 Å². The van der Waals surface area contributed by atoms with Crippen molar-refractivity contribution in [2.75, 3.05) is 0 Å². The van der Waals surface area contributed by atoms with Crippen molar-refractivity contribution in [3.8, 4) is 0 Å². The van der Waals surface area contributed by atoms with Crippen LogP contribution < -0.4 is 5.73 Å². The quantitative estimate of drug-likeness (QED) is 0.591. The number of carbonyl (C=O) groups is 2. The highest BCUT2D eigenvalue weighted by Gasteiger charge is 2.37. The van der Waals surface area contributed by atoms with E-state index in [-0.39, 0.29) is 36.7 Å². The second kappa shape index (κ2) is 3.87. The minimum absolute atomic E-state index is 0. The first-order valence-corrected chi connectivity index (χ1v) is 3.65. The highest BCUT2D eigenvalue weighted by molar-refractivity contribution is 6.05. The lowest BCUT2D eigenvalue weighted by Gasteiger charge is -2.17. The molecule has 0 bridgehead atoms. The molecule has 0 aromatic heterocycles. The summed E-state index contributed by atoms with van der Waals surface area (Å²) in [6.07, 6.45) is 0.164. The SMILES string of the molecule is CC(C)N1C(=O)CC(N)C1=O.Cl. The molecular weight excluding hydrogens is 180 g/mol. The van der Waals surface area contributed by atoms with Crippen molar-refractivity contribution in [1.82, 2.24) is 4.90 Å². The van der Waals surface area contributed by atoms with E-state index in [0.717, 1.165) is 0 Å². The van der Waals surface area contributed by atoms with Gasteiger partial charge in [-0.15, -0.1) is 12.4 Å². The van der Waals surface area contributed by atoms with Gasteiger partial charge in [0.15, 0.2) is 0 Å². The van der Waals surface area contributed by atoms with E-state index in [1.807, 2.05) is 0 Å². The topological polar surface area (TPSA) is 63.4 Å². The Balaban J connectivity index is 0.00000121. The molecule has 1 rings (SSSR count). The van der Waals surface area contributed by atoms with Crippen molar-refractivity contribution >= 4 is 24.2 Å². The average Bonchev–Trinajstić information content (AvgIpc) is 2.07. The van der Waals surface area contributed by atoms with Crippen LogP contribution in [0.15, 0.2) is 0 Å². The molecule has 0 saturated carbocycles. The van der Waals surface area contributed by atoms with E-state index in [2.05, 4.69) is 0 Å². The Morgan fingerprint density at radius 2 is 2.00 bits per heavy atom. The zero-order valence-corrected chi connectivity index (χ0v) is 7.93. The molecule has 5 heteroatoms. The number of carbonyl (C=O) groups excluding carboxylic acids is 2. The highest BCUT2D eigenvalue weighted by atomic mass is 35.5. The predicted octanol–water partition coefficient (Wildman–Crippen LogP) is -0.0972. The van der Waals surface area contributed by atoms with Crippen molar-refractivity contribution < 1.29 is 9.59 Å². The highest BCUT2D eigenvalue weighted by Crippen LogP contribution is 2.13. The summed E-state index contributed by atoms with van der Waals surface area (Å²) in [5, 5.41) is 0. The Hall–Kier alpha value is -0.610. The third-order valence-electron chi connectivity index (χ3n) is 1.73. The van der Waals surface area contributed by atoms with Gasteiger partial charge in [0.2, 0.25) is 11.8 Å². The van der Waals surface area contributed by atoms with Crippen LogP contribution in [-0.4, -0.2) is 28.8 Å². The van der Waals surface area contributed by atoms with Crippen LogP contribution in [0.1, 0.15) is 20.3 Å². The molecule has 0 aliphatic carbocycles. The molecule has 1 aliphatic rings. The minimum Gasteiger partial charge on any atom is -0.319 e. The van der Waals surface area contributed by atoms with E-state index in [1.165, 1.54) is 4.90 Å². The number of imide groups is 1. The van der Waals surface area contributed by atoms with Crippen LogP contribution in [0, 0.1) is 0 Å². The standard InChI is InChI=1S/C7H12N2O2.ClH/c1-4(2)9-6(10)3-5(8)7(9)11;/h4-5H,3,8H2,1-2H3;1H.